The Morgan fingerprint density at radius 3 is 2.31 bits per heavy atom. The van der Waals surface area contributed by atoms with Crippen LogP contribution in [0.5, 0.6) is 5.75 Å². The number of benzene rings is 2. The molecule has 32 heavy (non-hydrogen) atoms. The van der Waals surface area contributed by atoms with Gasteiger partial charge in [-0.2, -0.15) is 18.3 Å². The van der Waals surface area contributed by atoms with Gasteiger partial charge in [0.25, 0.3) is 5.91 Å². The molecule has 1 fully saturated rings. The van der Waals surface area contributed by atoms with Gasteiger partial charge in [0.1, 0.15) is 0 Å². The van der Waals surface area contributed by atoms with E-state index in [2.05, 4.69) is 15.7 Å². The first-order chi connectivity index (χ1) is 15.2. The van der Waals surface area contributed by atoms with Crippen LogP contribution in [0.25, 0.3) is 5.69 Å². The van der Waals surface area contributed by atoms with Crippen molar-refractivity contribution >= 4 is 23.2 Å². The average Bonchev–Trinajstić information content (AvgIpc) is 3.53. The number of amides is 2. The fourth-order valence-corrected chi connectivity index (χ4v) is 3.04. The average molecular weight is 444 g/mol. The van der Waals surface area contributed by atoms with Crippen molar-refractivity contribution in [1.82, 2.24) is 9.78 Å². The lowest BCUT2D eigenvalue weighted by Gasteiger charge is -2.08. The molecule has 1 heterocycles. The third-order valence-electron chi connectivity index (χ3n) is 4.91. The lowest BCUT2D eigenvalue weighted by Crippen LogP contribution is -2.15. The lowest BCUT2D eigenvalue weighted by atomic mass is 10.2. The summed E-state index contributed by atoms with van der Waals surface area (Å²) in [4.78, 5) is 24.5. The van der Waals surface area contributed by atoms with E-state index in [1.54, 1.807) is 24.3 Å². The van der Waals surface area contributed by atoms with E-state index in [1.807, 2.05) is 0 Å². The largest absolute Gasteiger partial charge is 0.493 e. The van der Waals surface area contributed by atoms with Gasteiger partial charge in [0.2, 0.25) is 5.91 Å². The molecule has 0 unspecified atom stereocenters. The monoisotopic (exact) mass is 444 g/mol. The minimum atomic E-state index is -4.50. The maximum Gasteiger partial charge on any atom is 0.416 e. The highest BCUT2D eigenvalue weighted by atomic mass is 19.4. The molecule has 2 amide bonds. The Kier molecular flexibility index (Phi) is 5.60. The molecule has 4 rings (SSSR count). The predicted molar refractivity (Wildman–Crippen MR) is 111 cm³/mol. The summed E-state index contributed by atoms with van der Waals surface area (Å²) < 4.78 is 45.3. The molecule has 0 saturated heterocycles. The van der Waals surface area contributed by atoms with E-state index in [4.69, 9.17) is 4.74 Å². The van der Waals surface area contributed by atoms with Gasteiger partial charge in [0.15, 0.2) is 11.4 Å². The lowest BCUT2D eigenvalue weighted by molar-refractivity contribution is -0.137. The number of methoxy groups -OCH3 is 1. The minimum Gasteiger partial charge on any atom is -0.493 e. The standard InChI is InChI=1S/C22H19F3N4O3/c1-32-18-12-29(17-4-2-3-14(11-17)22(23,24)25)28-19(18)21(31)27-16-9-7-15(8-10-16)26-20(30)13-5-6-13/h2-4,7-13H,5-6H2,1H3,(H,26,30)(H,27,31). The van der Waals surface area contributed by atoms with Gasteiger partial charge in [-0.1, -0.05) is 6.07 Å². The first kappa shape index (κ1) is 21.4. The third kappa shape index (κ3) is 4.74. The van der Waals surface area contributed by atoms with Crippen molar-refractivity contribution in [3.05, 3.63) is 66.0 Å². The van der Waals surface area contributed by atoms with Crippen LogP contribution in [0, 0.1) is 5.92 Å². The molecule has 7 nitrogen and oxygen atoms in total. The summed E-state index contributed by atoms with van der Waals surface area (Å²) in [6, 6.07) is 11.2. The number of alkyl halides is 3. The van der Waals surface area contributed by atoms with Gasteiger partial charge in [-0.05, 0) is 55.3 Å². The van der Waals surface area contributed by atoms with Crippen LogP contribution in [0.3, 0.4) is 0 Å². The van der Waals surface area contributed by atoms with Crippen molar-refractivity contribution in [3.63, 3.8) is 0 Å². The van der Waals surface area contributed by atoms with Gasteiger partial charge >= 0.3 is 6.18 Å². The Morgan fingerprint density at radius 2 is 1.72 bits per heavy atom. The molecule has 1 aliphatic rings. The molecule has 2 N–H and O–H groups in total. The number of nitrogens with zero attached hydrogens (tertiary/aromatic N) is 2. The number of ether oxygens (including phenoxy) is 1. The van der Waals surface area contributed by atoms with E-state index in [1.165, 1.54) is 25.4 Å². The minimum absolute atomic E-state index is 0.0216. The van der Waals surface area contributed by atoms with Crippen LogP contribution < -0.4 is 15.4 Å². The molecule has 10 heteroatoms. The molecule has 0 spiro atoms. The molecular formula is C22H19F3N4O3. The summed E-state index contributed by atoms with van der Waals surface area (Å²) in [5.74, 6) is -0.434. The molecule has 0 aliphatic heterocycles. The zero-order valence-electron chi connectivity index (χ0n) is 16.9. The number of anilines is 2. The number of halogens is 3. The van der Waals surface area contributed by atoms with Crippen LogP contribution in [-0.2, 0) is 11.0 Å². The summed E-state index contributed by atoms with van der Waals surface area (Å²) in [6.45, 7) is 0. The van der Waals surface area contributed by atoms with Crippen LogP contribution in [0.4, 0.5) is 24.5 Å². The van der Waals surface area contributed by atoms with Crippen molar-refractivity contribution in [2.24, 2.45) is 5.92 Å². The van der Waals surface area contributed by atoms with Gasteiger partial charge < -0.3 is 15.4 Å². The van der Waals surface area contributed by atoms with Crippen molar-refractivity contribution in [1.29, 1.82) is 0 Å². The van der Waals surface area contributed by atoms with E-state index < -0.39 is 17.6 Å². The Morgan fingerprint density at radius 1 is 1.06 bits per heavy atom. The van der Waals surface area contributed by atoms with Crippen LogP contribution in [0.2, 0.25) is 0 Å². The molecule has 0 radical (unpaired) electrons. The van der Waals surface area contributed by atoms with Crippen molar-refractivity contribution < 1.29 is 27.5 Å². The Balaban J connectivity index is 1.50. The highest BCUT2D eigenvalue weighted by Crippen LogP contribution is 2.31. The SMILES string of the molecule is COc1cn(-c2cccc(C(F)(F)F)c2)nc1C(=O)Nc1ccc(NC(=O)C2CC2)cc1. The van der Waals surface area contributed by atoms with E-state index in [0.29, 0.717) is 11.4 Å². The highest BCUT2D eigenvalue weighted by molar-refractivity contribution is 6.05. The van der Waals surface area contributed by atoms with Crippen molar-refractivity contribution in [2.45, 2.75) is 19.0 Å². The summed E-state index contributed by atoms with van der Waals surface area (Å²) >= 11 is 0. The first-order valence-electron chi connectivity index (χ1n) is 9.78. The van der Waals surface area contributed by atoms with Crippen LogP contribution in [0.15, 0.2) is 54.7 Å². The normalized spacial score (nSPS) is 13.5. The Bertz CT molecular complexity index is 1150. The van der Waals surface area contributed by atoms with Gasteiger partial charge in [-0.25, -0.2) is 4.68 Å². The number of rotatable bonds is 6. The second-order valence-electron chi connectivity index (χ2n) is 7.33. The molecule has 1 aromatic heterocycles. The van der Waals surface area contributed by atoms with Crippen LogP contribution >= 0.6 is 0 Å². The predicted octanol–water partition coefficient (Wildman–Crippen LogP) is 4.50. The quantitative estimate of drug-likeness (QED) is 0.586. The number of aromatic nitrogens is 2. The zero-order valence-corrected chi connectivity index (χ0v) is 16.9. The summed E-state index contributed by atoms with van der Waals surface area (Å²) in [5.41, 5.74) is 0.287. The topological polar surface area (TPSA) is 85.2 Å². The van der Waals surface area contributed by atoms with Gasteiger partial charge in [0.05, 0.1) is 24.6 Å². The molecule has 1 aliphatic carbocycles. The highest BCUT2D eigenvalue weighted by Gasteiger charge is 2.31. The van der Waals surface area contributed by atoms with Crippen molar-refractivity contribution in [3.8, 4) is 11.4 Å². The Hall–Kier alpha value is -3.82. The number of nitrogens with one attached hydrogen (secondary N) is 2. The summed E-state index contributed by atoms with van der Waals surface area (Å²) in [6.07, 6.45) is -1.37. The molecule has 166 valence electrons. The number of hydrogen-bond acceptors (Lipinski definition) is 4. The molecule has 2 aromatic carbocycles. The second-order valence-corrected chi connectivity index (χ2v) is 7.33. The second kappa shape index (κ2) is 8.37. The van der Waals surface area contributed by atoms with E-state index in [-0.39, 0.29) is 29.0 Å². The number of carbonyl (C=O) groups excluding carboxylic acids is 2. The van der Waals surface area contributed by atoms with Crippen LogP contribution in [0.1, 0.15) is 28.9 Å². The smallest absolute Gasteiger partial charge is 0.416 e. The van der Waals surface area contributed by atoms with Crippen molar-refractivity contribution in [2.75, 3.05) is 17.7 Å². The maximum absolute atomic E-state index is 13.0. The molecule has 1 saturated carbocycles. The third-order valence-corrected chi connectivity index (χ3v) is 4.91. The van der Waals surface area contributed by atoms with Gasteiger partial charge in [0, 0.05) is 17.3 Å². The van der Waals surface area contributed by atoms with Crippen LogP contribution in [-0.4, -0.2) is 28.7 Å². The fraction of sp³-hybridized carbons (Fsp3) is 0.227. The Labute approximate surface area is 181 Å². The molecule has 0 atom stereocenters. The number of carbonyl (C=O) groups is 2. The van der Waals surface area contributed by atoms with E-state index >= 15 is 0 Å². The zero-order chi connectivity index (χ0) is 22.9. The molecule has 3 aromatic rings. The first-order valence-corrected chi connectivity index (χ1v) is 9.78. The maximum atomic E-state index is 13.0. The summed E-state index contributed by atoms with van der Waals surface area (Å²) in [7, 11) is 1.33. The van der Waals surface area contributed by atoms with Gasteiger partial charge in [-0.3, -0.25) is 9.59 Å². The number of hydrogen-bond donors (Lipinski definition) is 2. The molecule has 0 bridgehead atoms. The van der Waals surface area contributed by atoms with E-state index in [0.717, 1.165) is 29.7 Å². The fourth-order valence-electron chi connectivity index (χ4n) is 3.04. The van der Waals surface area contributed by atoms with Gasteiger partial charge in [-0.15, -0.1) is 0 Å². The molecular weight excluding hydrogens is 425 g/mol. The van der Waals surface area contributed by atoms with E-state index in [9.17, 15) is 22.8 Å². The summed E-state index contributed by atoms with van der Waals surface area (Å²) in [5, 5.41) is 9.57.